The van der Waals surface area contributed by atoms with Crippen molar-refractivity contribution in [3.63, 3.8) is 0 Å². The maximum Gasteiger partial charge on any atom is 0.340 e. The highest BCUT2D eigenvalue weighted by Gasteiger charge is 2.15. The number of hydrogen-bond donors (Lipinski definition) is 1. The summed E-state index contributed by atoms with van der Waals surface area (Å²) in [6.45, 7) is 5.69. The van der Waals surface area contributed by atoms with Gasteiger partial charge in [0.1, 0.15) is 12.4 Å². The molecular formula is C15H22N2O3. The lowest BCUT2D eigenvalue weighted by molar-refractivity contribution is 0.0601. The molecule has 1 aromatic rings. The van der Waals surface area contributed by atoms with E-state index in [2.05, 4.69) is 4.90 Å². The number of likely N-dealkylation sites (tertiary alicyclic amines) is 1. The van der Waals surface area contributed by atoms with Gasteiger partial charge in [-0.05, 0) is 50.6 Å². The zero-order valence-electron chi connectivity index (χ0n) is 12.1. The second-order valence-electron chi connectivity index (χ2n) is 5.09. The number of methoxy groups -OCH3 is 1. The van der Waals surface area contributed by atoms with Gasteiger partial charge in [0.15, 0.2) is 0 Å². The molecule has 0 aromatic heterocycles. The Labute approximate surface area is 119 Å². The molecule has 1 aromatic carbocycles. The van der Waals surface area contributed by atoms with E-state index in [9.17, 15) is 4.79 Å². The second-order valence-corrected chi connectivity index (χ2v) is 5.09. The Morgan fingerprint density at radius 2 is 2.05 bits per heavy atom. The molecule has 5 nitrogen and oxygen atoms in total. The predicted octanol–water partition coefficient (Wildman–Crippen LogP) is 1.84. The third kappa shape index (κ3) is 3.42. The minimum absolute atomic E-state index is 0.365. The van der Waals surface area contributed by atoms with Crippen LogP contribution < -0.4 is 10.5 Å². The van der Waals surface area contributed by atoms with Crippen LogP contribution in [0.15, 0.2) is 12.1 Å². The van der Waals surface area contributed by atoms with E-state index in [-0.39, 0.29) is 0 Å². The van der Waals surface area contributed by atoms with Crippen LogP contribution in [0.3, 0.4) is 0 Å². The molecule has 110 valence electrons. The molecule has 1 heterocycles. The number of nitrogen functional groups attached to an aromatic ring is 1. The fourth-order valence-electron chi connectivity index (χ4n) is 2.43. The summed E-state index contributed by atoms with van der Waals surface area (Å²) in [4.78, 5) is 14.0. The third-order valence-electron chi connectivity index (χ3n) is 3.64. The summed E-state index contributed by atoms with van der Waals surface area (Å²) >= 11 is 0. The highest BCUT2D eigenvalue weighted by atomic mass is 16.5. The Bertz CT molecular complexity index is 482. The number of ether oxygens (including phenoxy) is 2. The average molecular weight is 278 g/mol. The van der Waals surface area contributed by atoms with Gasteiger partial charge >= 0.3 is 5.97 Å². The van der Waals surface area contributed by atoms with Crippen molar-refractivity contribution in [2.24, 2.45) is 0 Å². The first-order valence-electron chi connectivity index (χ1n) is 6.95. The van der Waals surface area contributed by atoms with Crippen LogP contribution in [0.25, 0.3) is 0 Å². The Morgan fingerprint density at radius 1 is 1.35 bits per heavy atom. The number of nitrogens with two attached hydrogens (primary N) is 1. The summed E-state index contributed by atoms with van der Waals surface area (Å²) in [5, 5.41) is 0. The van der Waals surface area contributed by atoms with Crippen molar-refractivity contribution in [2.45, 2.75) is 19.8 Å². The smallest absolute Gasteiger partial charge is 0.340 e. The van der Waals surface area contributed by atoms with E-state index in [1.165, 1.54) is 20.0 Å². The van der Waals surface area contributed by atoms with Crippen LogP contribution in [0.2, 0.25) is 0 Å². The first-order valence-corrected chi connectivity index (χ1v) is 6.95. The van der Waals surface area contributed by atoms with Gasteiger partial charge in [-0.25, -0.2) is 4.79 Å². The summed E-state index contributed by atoms with van der Waals surface area (Å²) < 4.78 is 10.5. The minimum Gasteiger partial charge on any atom is -0.492 e. The van der Waals surface area contributed by atoms with Crippen LogP contribution in [0.1, 0.15) is 28.8 Å². The van der Waals surface area contributed by atoms with Gasteiger partial charge in [0.25, 0.3) is 0 Å². The van der Waals surface area contributed by atoms with Crippen LogP contribution in [0.4, 0.5) is 5.69 Å². The van der Waals surface area contributed by atoms with Crippen molar-refractivity contribution in [2.75, 3.05) is 39.1 Å². The first kappa shape index (κ1) is 14.7. The summed E-state index contributed by atoms with van der Waals surface area (Å²) in [5.41, 5.74) is 7.53. The number of carbonyl (C=O) groups is 1. The largest absolute Gasteiger partial charge is 0.492 e. The highest BCUT2D eigenvalue weighted by molar-refractivity contribution is 5.96. The Balaban J connectivity index is 2.00. The normalized spacial score (nSPS) is 15.3. The van der Waals surface area contributed by atoms with E-state index in [1.54, 1.807) is 6.07 Å². The number of aryl methyl sites for hydroxylation is 1. The number of rotatable bonds is 5. The van der Waals surface area contributed by atoms with Gasteiger partial charge in [0.2, 0.25) is 0 Å². The number of hydrogen-bond acceptors (Lipinski definition) is 5. The van der Waals surface area contributed by atoms with E-state index in [0.717, 1.165) is 25.2 Å². The third-order valence-corrected chi connectivity index (χ3v) is 3.64. The summed E-state index contributed by atoms with van der Waals surface area (Å²) in [7, 11) is 1.35. The molecule has 0 radical (unpaired) electrons. The lowest BCUT2D eigenvalue weighted by Crippen LogP contribution is -2.25. The Morgan fingerprint density at radius 3 is 2.70 bits per heavy atom. The molecule has 0 aliphatic carbocycles. The number of anilines is 1. The van der Waals surface area contributed by atoms with E-state index >= 15 is 0 Å². The molecule has 0 bridgehead atoms. The highest BCUT2D eigenvalue weighted by Crippen LogP contribution is 2.25. The molecule has 1 fully saturated rings. The van der Waals surface area contributed by atoms with Gasteiger partial charge in [-0.2, -0.15) is 0 Å². The average Bonchev–Trinajstić information content (AvgIpc) is 2.95. The molecule has 20 heavy (non-hydrogen) atoms. The van der Waals surface area contributed by atoms with Crippen molar-refractivity contribution in [1.82, 2.24) is 4.90 Å². The molecule has 0 saturated carbocycles. The fraction of sp³-hybridized carbons (Fsp3) is 0.533. The van der Waals surface area contributed by atoms with Gasteiger partial charge in [-0.15, -0.1) is 0 Å². The monoisotopic (exact) mass is 278 g/mol. The van der Waals surface area contributed by atoms with Gasteiger partial charge in [0, 0.05) is 12.2 Å². The molecule has 1 aliphatic heterocycles. The van der Waals surface area contributed by atoms with Crippen molar-refractivity contribution < 1.29 is 14.3 Å². The van der Waals surface area contributed by atoms with Crippen LogP contribution >= 0.6 is 0 Å². The summed E-state index contributed by atoms with van der Waals surface area (Å²) in [6.07, 6.45) is 2.54. The molecule has 1 aliphatic rings. The predicted molar refractivity (Wildman–Crippen MR) is 78.1 cm³/mol. The SMILES string of the molecule is COC(=O)c1cc(OCCN2CCCC2)cc(C)c1N. The quantitative estimate of drug-likeness (QED) is 0.657. The van der Waals surface area contributed by atoms with Gasteiger partial charge in [-0.1, -0.05) is 0 Å². The topological polar surface area (TPSA) is 64.8 Å². The zero-order valence-corrected chi connectivity index (χ0v) is 12.1. The zero-order chi connectivity index (χ0) is 14.5. The van der Waals surface area contributed by atoms with Crippen LogP contribution in [-0.2, 0) is 4.74 Å². The molecule has 1 saturated heterocycles. The Hall–Kier alpha value is -1.75. The van der Waals surface area contributed by atoms with Crippen LogP contribution in [0, 0.1) is 6.92 Å². The van der Waals surface area contributed by atoms with Gasteiger partial charge in [0.05, 0.1) is 12.7 Å². The molecular weight excluding hydrogens is 256 g/mol. The van der Waals surface area contributed by atoms with Crippen LogP contribution in [0.5, 0.6) is 5.75 Å². The molecule has 2 N–H and O–H groups in total. The number of benzene rings is 1. The van der Waals surface area contributed by atoms with Crippen molar-refractivity contribution in [1.29, 1.82) is 0 Å². The first-order chi connectivity index (χ1) is 9.61. The van der Waals surface area contributed by atoms with E-state index in [1.807, 2.05) is 13.0 Å². The van der Waals surface area contributed by atoms with Gasteiger partial charge < -0.3 is 15.2 Å². The molecule has 0 atom stereocenters. The number of carbonyl (C=O) groups excluding carboxylic acids is 1. The van der Waals surface area contributed by atoms with Gasteiger partial charge in [-0.3, -0.25) is 4.90 Å². The van der Waals surface area contributed by atoms with Crippen LogP contribution in [-0.4, -0.2) is 44.2 Å². The standard InChI is InChI=1S/C15H22N2O3/c1-11-9-12(10-13(14(11)16)15(18)19-2)20-8-7-17-5-3-4-6-17/h9-10H,3-8,16H2,1-2H3. The van der Waals surface area contributed by atoms with Crippen molar-refractivity contribution in [3.8, 4) is 5.75 Å². The minimum atomic E-state index is -0.435. The second kappa shape index (κ2) is 6.61. The van der Waals surface area contributed by atoms with E-state index in [4.69, 9.17) is 15.2 Å². The molecule has 0 spiro atoms. The lowest BCUT2D eigenvalue weighted by atomic mass is 10.1. The number of nitrogens with zero attached hydrogens (tertiary/aromatic N) is 1. The van der Waals surface area contributed by atoms with Crippen molar-refractivity contribution in [3.05, 3.63) is 23.3 Å². The van der Waals surface area contributed by atoms with E-state index < -0.39 is 5.97 Å². The summed E-state index contributed by atoms with van der Waals surface area (Å²) in [6, 6.07) is 3.50. The van der Waals surface area contributed by atoms with Crippen molar-refractivity contribution >= 4 is 11.7 Å². The van der Waals surface area contributed by atoms with E-state index in [0.29, 0.717) is 23.6 Å². The Kier molecular flexibility index (Phi) is 4.84. The molecule has 2 rings (SSSR count). The number of esters is 1. The maximum atomic E-state index is 11.7. The lowest BCUT2D eigenvalue weighted by Gasteiger charge is -2.16. The molecule has 0 amide bonds. The fourth-order valence-corrected chi connectivity index (χ4v) is 2.43. The molecule has 0 unspecified atom stereocenters. The summed E-state index contributed by atoms with van der Waals surface area (Å²) in [5.74, 6) is 0.229. The molecule has 5 heteroatoms. The maximum absolute atomic E-state index is 11.7.